The SMILES string of the molecule is O=[N+]([O-])c1ncccc1OCC1(CBr)CC1. The predicted molar refractivity (Wildman–Crippen MR) is 61.8 cm³/mol. The number of nitrogens with zero attached hydrogens (tertiary/aromatic N) is 2. The standard InChI is InChI=1S/C10H11BrN2O3/c11-6-10(3-4-10)7-16-8-2-1-5-12-9(8)13(14)15/h1-2,5H,3-4,6-7H2. The molecule has 0 N–H and O–H groups in total. The number of nitro groups is 1. The van der Waals surface area contributed by atoms with E-state index in [0.717, 1.165) is 18.2 Å². The van der Waals surface area contributed by atoms with Crippen molar-refractivity contribution >= 4 is 21.7 Å². The fraction of sp³-hybridized carbons (Fsp3) is 0.500. The molecule has 0 atom stereocenters. The third kappa shape index (κ3) is 2.32. The van der Waals surface area contributed by atoms with Crippen LogP contribution >= 0.6 is 15.9 Å². The third-order valence-corrected chi connectivity index (χ3v) is 3.89. The van der Waals surface area contributed by atoms with Gasteiger partial charge in [-0.2, -0.15) is 0 Å². The Labute approximate surface area is 101 Å². The molecule has 1 aliphatic rings. The summed E-state index contributed by atoms with van der Waals surface area (Å²) in [6.07, 6.45) is 3.60. The fourth-order valence-corrected chi connectivity index (χ4v) is 2.08. The Hall–Kier alpha value is -1.17. The van der Waals surface area contributed by atoms with Gasteiger partial charge in [0.1, 0.15) is 6.20 Å². The zero-order valence-electron chi connectivity index (χ0n) is 8.56. The van der Waals surface area contributed by atoms with Gasteiger partial charge in [-0.25, -0.2) is 0 Å². The average molecular weight is 287 g/mol. The van der Waals surface area contributed by atoms with Gasteiger partial charge in [0.15, 0.2) is 0 Å². The van der Waals surface area contributed by atoms with Crippen molar-refractivity contribution in [3.63, 3.8) is 0 Å². The molecule has 0 bridgehead atoms. The number of rotatable bonds is 5. The molecule has 0 aromatic carbocycles. The topological polar surface area (TPSA) is 65.3 Å². The van der Waals surface area contributed by atoms with Crippen molar-refractivity contribution in [3.8, 4) is 5.75 Å². The molecule has 0 radical (unpaired) electrons. The number of alkyl halides is 1. The Bertz CT molecular complexity index is 407. The summed E-state index contributed by atoms with van der Waals surface area (Å²) in [5.41, 5.74) is 0.170. The summed E-state index contributed by atoms with van der Waals surface area (Å²) < 4.78 is 5.48. The minimum Gasteiger partial charge on any atom is -0.485 e. The smallest absolute Gasteiger partial charge is 0.406 e. The van der Waals surface area contributed by atoms with Crippen LogP contribution in [0.15, 0.2) is 18.3 Å². The summed E-state index contributed by atoms with van der Waals surface area (Å²) in [4.78, 5) is 13.8. The molecule has 0 saturated heterocycles. The molecule has 2 rings (SSSR count). The lowest BCUT2D eigenvalue weighted by atomic mass is 10.2. The molecule has 1 fully saturated rings. The first-order chi connectivity index (χ1) is 7.67. The zero-order valence-corrected chi connectivity index (χ0v) is 10.1. The highest BCUT2D eigenvalue weighted by Gasteiger charge is 2.42. The van der Waals surface area contributed by atoms with E-state index in [-0.39, 0.29) is 17.0 Å². The first-order valence-electron chi connectivity index (χ1n) is 4.95. The van der Waals surface area contributed by atoms with Gasteiger partial charge in [-0.15, -0.1) is 0 Å². The molecule has 0 unspecified atom stereocenters. The Morgan fingerprint density at radius 1 is 1.62 bits per heavy atom. The molecule has 1 aromatic heterocycles. The van der Waals surface area contributed by atoms with Gasteiger partial charge in [0.2, 0.25) is 5.75 Å². The first-order valence-corrected chi connectivity index (χ1v) is 6.07. The Morgan fingerprint density at radius 2 is 2.38 bits per heavy atom. The van der Waals surface area contributed by atoms with Crippen molar-refractivity contribution in [2.45, 2.75) is 12.8 Å². The average Bonchev–Trinajstić information content (AvgIpc) is 3.07. The molecule has 0 aliphatic heterocycles. The van der Waals surface area contributed by atoms with E-state index in [2.05, 4.69) is 20.9 Å². The van der Waals surface area contributed by atoms with Crippen LogP contribution in [0.4, 0.5) is 5.82 Å². The van der Waals surface area contributed by atoms with Gasteiger partial charge in [0.25, 0.3) is 0 Å². The summed E-state index contributed by atoms with van der Waals surface area (Å²) in [7, 11) is 0. The quantitative estimate of drug-likeness (QED) is 0.474. The molecule has 1 saturated carbocycles. The van der Waals surface area contributed by atoms with Crippen molar-refractivity contribution in [2.75, 3.05) is 11.9 Å². The van der Waals surface area contributed by atoms with E-state index in [4.69, 9.17) is 4.74 Å². The molecule has 5 nitrogen and oxygen atoms in total. The Morgan fingerprint density at radius 3 is 2.94 bits per heavy atom. The minimum absolute atomic E-state index is 0.170. The maximum absolute atomic E-state index is 10.7. The highest BCUT2D eigenvalue weighted by molar-refractivity contribution is 9.09. The highest BCUT2D eigenvalue weighted by atomic mass is 79.9. The van der Waals surface area contributed by atoms with E-state index in [1.54, 1.807) is 12.1 Å². The number of pyridine rings is 1. The molecule has 0 amide bonds. The Balaban J connectivity index is 2.06. The lowest BCUT2D eigenvalue weighted by Gasteiger charge is -2.12. The zero-order chi connectivity index (χ0) is 11.6. The molecule has 1 heterocycles. The minimum atomic E-state index is -0.525. The van der Waals surface area contributed by atoms with Crippen LogP contribution in [0.3, 0.4) is 0 Å². The van der Waals surface area contributed by atoms with E-state index in [0.29, 0.717) is 6.61 Å². The number of aromatic nitrogens is 1. The van der Waals surface area contributed by atoms with E-state index in [1.807, 2.05) is 0 Å². The number of ether oxygens (including phenoxy) is 1. The van der Waals surface area contributed by atoms with Crippen LogP contribution in [0.5, 0.6) is 5.75 Å². The molecular formula is C10H11BrN2O3. The van der Waals surface area contributed by atoms with Gasteiger partial charge < -0.3 is 14.9 Å². The second-order valence-electron chi connectivity index (χ2n) is 4.00. The summed E-state index contributed by atoms with van der Waals surface area (Å²) in [5, 5.41) is 11.6. The number of halogens is 1. The second kappa shape index (κ2) is 4.37. The van der Waals surface area contributed by atoms with E-state index in [9.17, 15) is 10.1 Å². The van der Waals surface area contributed by atoms with Gasteiger partial charge in [0.05, 0.1) is 6.61 Å². The lowest BCUT2D eigenvalue weighted by molar-refractivity contribution is -0.390. The summed E-state index contributed by atoms with van der Waals surface area (Å²) in [6, 6.07) is 3.21. The molecule has 1 aliphatic carbocycles. The molecule has 6 heteroatoms. The van der Waals surface area contributed by atoms with Crippen LogP contribution in [0.2, 0.25) is 0 Å². The molecular weight excluding hydrogens is 276 g/mol. The van der Waals surface area contributed by atoms with Crippen molar-refractivity contribution in [1.29, 1.82) is 0 Å². The monoisotopic (exact) mass is 286 g/mol. The van der Waals surface area contributed by atoms with Crippen LogP contribution in [0.25, 0.3) is 0 Å². The van der Waals surface area contributed by atoms with Crippen molar-refractivity contribution < 1.29 is 9.66 Å². The van der Waals surface area contributed by atoms with Crippen LogP contribution in [-0.4, -0.2) is 21.8 Å². The number of hydrogen-bond donors (Lipinski definition) is 0. The van der Waals surface area contributed by atoms with E-state index in [1.165, 1.54) is 6.20 Å². The number of hydrogen-bond acceptors (Lipinski definition) is 4. The van der Waals surface area contributed by atoms with Crippen molar-refractivity contribution in [1.82, 2.24) is 4.98 Å². The van der Waals surface area contributed by atoms with Gasteiger partial charge in [0, 0.05) is 10.7 Å². The van der Waals surface area contributed by atoms with Crippen LogP contribution in [0.1, 0.15) is 12.8 Å². The van der Waals surface area contributed by atoms with Crippen LogP contribution < -0.4 is 4.74 Å². The molecule has 1 aromatic rings. The highest BCUT2D eigenvalue weighted by Crippen LogP contribution is 2.47. The van der Waals surface area contributed by atoms with E-state index < -0.39 is 4.92 Å². The summed E-state index contributed by atoms with van der Waals surface area (Å²) in [6.45, 7) is 0.505. The maximum atomic E-state index is 10.7. The second-order valence-corrected chi connectivity index (χ2v) is 4.57. The normalized spacial score (nSPS) is 16.8. The first kappa shape index (κ1) is 11.3. The maximum Gasteiger partial charge on any atom is 0.406 e. The van der Waals surface area contributed by atoms with Gasteiger partial charge in [-0.05, 0) is 34.9 Å². The molecule has 16 heavy (non-hydrogen) atoms. The van der Waals surface area contributed by atoms with E-state index >= 15 is 0 Å². The largest absolute Gasteiger partial charge is 0.485 e. The van der Waals surface area contributed by atoms with Crippen LogP contribution in [0, 0.1) is 15.5 Å². The van der Waals surface area contributed by atoms with Gasteiger partial charge >= 0.3 is 5.82 Å². The Kier molecular flexibility index (Phi) is 3.09. The van der Waals surface area contributed by atoms with Crippen molar-refractivity contribution in [3.05, 3.63) is 28.4 Å². The summed E-state index contributed by atoms with van der Waals surface area (Å²) >= 11 is 3.42. The third-order valence-electron chi connectivity index (χ3n) is 2.70. The van der Waals surface area contributed by atoms with Crippen LogP contribution in [-0.2, 0) is 0 Å². The summed E-state index contributed by atoms with van der Waals surface area (Å²) in [5.74, 6) is 0.0348. The van der Waals surface area contributed by atoms with Crippen molar-refractivity contribution in [2.24, 2.45) is 5.41 Å². The molecule has 0 spiro atoms. The predicted octanol–water partition coefficient (Wildman–Crippen LogP) is 2.54. The van der Waals surface area contributed by atoms with Gasteiger partial charge in [-0.3, -0.25) is 0 Å². The lowest BCUT2D eigenvalue weighted by Crippen LogP contribution is -2.15. The molecule has 86 valence electrons. The fourth-order valence-electron chi connectivity index (χ4n) is 1.36. The van der Waals surface area contributed by atoms with Gasteiger partial charge in [-0.1, -0.05) is 15.9 Å².